The minimum atomic E-state index is -0.0355. The predicted octanol–water partition coefficient (Wildman–Crippen LogP) is 3.46. The summed E-state index contributed by atoms with van der Waals surface area (Å²) in [6.45, 7) is 5.97. The number of rotatable bonds is 7. The highest BCUT2D eigenvalue weighted by Crippen LogP contribution is 2.25. The Balaban J connectivity index is 1.99. The van der Waals surface area contributed by atoms with Crippen LogP contribution in [0.5, 0.6) is 5.75 Å². The van der Waals surface area contributed by atoms with Crippen molar-refractivity contribution in [3.05, 3.63) is 59.7 Å². The van der Waals surface area contributed by atoms with E-state index in [1.165, 1.54) is 5.56 Å². The number of anilines is 1. The van der Waals surface area contributed by atoms with Crippen LogP contribution in [-0.2, 0) is 11.3 Å². The summed E-state index contributed by atoms with van der Waals surface area (Å²) in [6, 6.07) is 15.9. The molecular formula is C19H24N2O2. The van der Waals surface area contributed by atoms with Crippen molar-refractivity contribution in [2.24, 2.45) is 0 Å². The zero-order valence-electron chi connectivity index (χ0n) is 14.0. The lowest BCUT2D eigenvalue weighted by Gasteiger charge is -2.20. The predicted molar refractivity (Wildman–Crippen MR) is 93.8 cm³/mol. The van der Waals surface area contributed by atoms with E-state index >= 15 is 0 Å². The molecule has 2 rings (SSSR count). The first-order chi connectivity index (χ1) is 11.1. The smallest absolute Gasteiger partial charge is 0.238 e. The minimum absolute atomic E-state index is 0.0355. The number of carbonyl (C=O) groups excluding carboxylic acids is 1. The summed E-state index contributed by atoms with van der Waals surface area (Å²) < 4.78 is 5.30. The number of amides is 1. The lowest BCUT2D eigenvalue weighted by atomic mass is 10.2. The molecular weight excluding hydrogens is 288 g/mol. The van der Waals surface area contributed by atoms with Gasteiger partial charge >= 0.3 is 0 Å². The van der Waals surface area contributed by atoms with E-state index < -0.39 is 0 Å². The van der Waals surface area contributed by atoms with Crippen molar-refractivity contribution in [1.29, 1.82) is 0 Å². The number of aryl methyl sites for hydroxylation is 1. The highest BCUT2D eigenvalue weighted by molar-refractivity contribution is 5.93. The Morgan fingerprint density at radius 2 is 1.91 bits per heavy atom. The number of methoxy groups -OCH3 is 1. The molecule has 0 aliphatic carbocycles. The molecule has 2 aromatic rings. The molecule has 122 valence electrons. The van der Waals surface area contributed by atoms with Gasteiger partial charge in [-0.1, -0.05) is 43.3 Å². The SMILES string of the molecule is CCN(CC(=O)Nc1cc(C)ccc1OC)Cc1ccccc1. The molecule has 0 radical (unpaired) electrons. The third-order valence-electron chi connectivity index (χ3n) is 3.69. The summed E-state index contributed by atoms with van der Waals surface area (Å²) in [7, 11) is 1.61. The summed E-state index contributed by atoms with van der Waals surface area (Å²) in [5.41, 5.74) is 3.00. The summed E-state index contributed by atoms with van der Waals surface area (Å²) in [5.74, 6) is 0.640. The maximum Gasteiger partial charge on any atom is 0.238 e. The molecule has 1 N–H and O–H groups in total. The van der Waals surface area contributed by atoms with Crippen LogP contribution in [0.15, 0.2) is 48.5 Å². The Bertz CT molecular complexity index is 641. The fourth-order valence-corrected chi connectivity index (χ4v) is 2.43. The Morgan fingerprint density at radius 3 is 2.57 bits per heavy atom. The average molecular weight is 312 g/mol. The molecule has 23 heavy (non-hydrogen) atoms. The van der Waals surface area contributed by atoms with Gasteiger partial charge in [0.2, 0.25) is 5.91 Å². The maximum atomic E-state index is 12.3. The van der Waals surface area contributed by atoms with Crippen LogP contribution in [0.1, 0.15) is 18.1 Å². The fraction of sp³-hybridized carbons (Fsp3) is 0.316. The molecule has 0 aromatic heterocycles. The van der Waals surface area contributed by atoms with Crippen LogP contribution in [0.3, 0.4) is 0 Å². The molecule has 0 heterocycles. The molecule has 0 atom stereocenters. The third kappa shape index (κ3) is 5.11. The third-order valence-corrected chi connectivity index (χ3v) is 3.69. The molecule has 4 nitrogen and oxygen atoms in total. The van der Waals surface area contributed by atoms with Gasteiger partial charge in [0.05, 0.1) is 19.3 Å². The van der Waals surface area contributed by atoms with Gasteiger partial charge in [0.25, 0.3) is 0 Å². The molecule has 0 bridgehead atoms. The van der Waals surface area contributed by atoms with E-state index in [1.807, 2.05) is 43.3 Å². The molecule has 0 aliphatic rings. The summed E-state index contributed by atoms with van der Waals surface area (Å²) in [4.78, 5) is 14.4. The first kappa shape index (κ1) is 17.0. The zero-order valence-corrected chi connectivity index (χ0v) is 14.0. The molecule has 0 saturated heterocycles. The van der Waals surface area contributed by atoms with Gasteiger partial charge in [-0.3, -0.25) is 9.69 Å². The normalized spacial score (nSPS) is 10.6. The Labute approximate surface area is 138 Å². The summed E-state index contributed by atoms with van der Waals surface area (Å²) in [6.07, 6.45) is 0. The number of benzene rings is 2. The maximum absolute atomic E-state index is 12.3. The number of ether oxygens (including phenoxy) is 1. The lowest BCUT2D eigenvalue weighted by Crippen LogP contribution is -2.32. The monoisotopic (exact) mass is 312 g/mol. The summed E-state index contributed by atoms with van der Waals surface area (Å²) in [5, 5.41) is 2.95. The Morgan fingerprint density at radius 1 is 1.17 bits per heavy atom. The number of likely N-dealkylation sites (N-methyl/N-ethyl adjacent to an activating group) is 1. The number of nitrogens with one attached hydrogen (secondary N) is 1. The van der Waals surface area contributed by atoms with E-state index in [-0.39, 0.29) is 5.91 Å². The first-order valence-corrected chi connectivity index (χ1v) is 7.83. The van der Waals surface area contributed by atoms with Gasteiger partial charge in [0.1, 0.15) is 5.75 Å². The zero-order chi connectivity index (χ0) is 16.7. The van der Waals surface area contributed by atoms with Crippen LogP contribution in [0.25, 0.3) is 0 Å². The van der Waals surface area contributed by atoms with Crippen LogP contribution in [0, 0.1) is 6.92 Å². The Hall–Kier alpha value is -2.33. The number of nitrogens with zero attached hydrogens (tertiary/aromatic N) is 1. The van der Waals surface area contributed by atoms with Gasteiger partial charge in [-0.15, -0.1) is 0 Å². The fourth-order valence-electron chi connectivity index (χ4n) is 2.43. The van der Waals surface area contributed by atoms with Gasteiger partial charge < -0.3 is 10.1 Å². The summed E-state index contributed by atoms with van der Waals surface area (Å²) >= 11 is 0. The number of hydrogen-bond acceptors (Lipinski definition) is 3. The van der Waals surface area contributed by atoms with E-state index in [0.717, 1.165) is 18.7 Å². The quantitative estimate of drug-likeness (QED) is 0.851. The molecule has 0 saturated carbocycles. The molecule has 0 spiro atoms. The largest absolute Gasteiger partial charge is 0.495 e. The van der Waals surface area contributed by atoms with E-state index in [9.17, 15) is 4.79 Å². The molecule has 0 fully saturated rings. The van der Waals surface area contributed by atoms with Crippen molar-refractivity contribution in [3.63, 3.8) is 0 Å². The molecule has 0 unspecified atom stereocenters. The molecule has 4 heteroatoms. The van der Waals surface area contributed by atoms with E-state index in [0.29, 0.717) is 18.0 Å². The van der Waals surface area contributed by atoms with Crippen molar-refractivity contribution in [2.45, 2.75) is 20.4 Å². The van der Waals surface area contributed by atoms with Gasteiger partial charge in [-0.25, -0.2) is 0 Å². The molecule has 1 amide bonds. The van der Waals surface area contributed by atoms with E-state index in [1.54, 1.807) is 7.11 Å². The van der Waals surface area contributed by atoms with E-state index in [2.05, 4.69) is 29.3 Å². The van der Waals surface area contributed by atoms with Gasteiger partial charge in [-0.05, 0) is 36.7 Å². The lowest BCUT2D eigenvalue weighted by molar-refractivity contribution is -0.117. The number of carbonyl (C=O) groups is 1. The van der Waals surface area contributed by atoms with Crippen molar-refractivity contribution >= 4 is 11.6 Å². The topological polar surface area (TPSA) is 41.6 Å². The Kier molecular flexibility index (Phi) is 6.18. The highest BCUT2D eigenvalue weighted by Gasteiger charge is 2.12. The molecule has 2 aromatic carbocycles. The first-order valence-electron chi connectivity index (χ1n) is 7.83. The van der Waals surface area contributed by atoms with Crippen LogP contribution >= 0.6 is 0 Å². The minimum Gasteiger partial charge on any atom is -0.495 e. The second-order valence-corrected chi connectivity index (χ2v) is 5.54. The van der Waals surface area contributed by atoms with Crippen LogP contribution < -0.4 is 10.1 Å². The van der Waals surface area contributed by atoms with Crippen LogP contribution in [-0.4, -0.2) is 31.0 Å². The van der Waals surface area contributed by atoms with Crippen molar-refractivity contribution in [2.75, 3.05) is 25.5 Å². The second kappa shape index (κ2) is 8.34. The van der Waals surface area contributed by atoms with Gasteiger partial charge in [-0.2, -0.15) is 0 Å². The van der Waals surface area contributed by atoms with Crippen LogP contribution in [0.2, 0.25) is 0 Å². The van der Waals surface area contributed by atoms with E-state index in [4.69, 9.17) is 4.74 Å². The highest BCUT2D eigenvalue weighted by atomic mass is 16.5. The van der Waals surface area contributed by atoms with Crippen LogP contribution in [0.4, 0.5) is 5.69 Å². The van der Waals surface area contributed by atoms with Crippen molar-refractivity contribution in [3.8, 4) is 5.75 Å². The van der Waals surface area contributed by atoms with Gasteiger partial charge in [0, 0.05) is 6.54 Å². The average Bonchev–Trinajstić information content (AvgIpc) is 2.55. The van der Waals surface area contributed by atoms with Crippen molar-refractivity contribution in [1.82, 2.24) is 4.90 Å². The van der Waals surface area contributed by atoms with Gasteiger partial charge in [0.15, 0.2) is 0 Å². The number of hydrogen-bond donors (Lipinski definition) is 1. The standard InChI is InChI=1S/C19H24N2O2/c1-4-21(13-16-8-6-5-7-9-16)14-19(22)20-17-12-15(2)10-11-18(17)23-3/h5-12H,4,13-14H2,1-3H3,(H,20,22). The molecule has 0 aliphatic heterocycles. The second-order valence-electron chi connectivity index (χ2n) is 5.54. The van der Waals surface area contributed by atoms with Crippen molar-refractivity contribution < 1.29 is 9.53 Å².